The monoisotopic (exact) mass is 342 g/mol. The summed E-state index contributed by atoms with van der Waals surface area (Å²) in [5.41, 5.74) is -2.40. The molecule has 108 valence electrons. The third-order valence-corrected chi connectivity index (χ3v) is 4.64. The van der Waals surface area contributed by atoms with Crippen LogP contribution in [0.1, 0.15) is 39.4 Å². The summed E-state index contributed by atoms with van der Waals surface area (Å²) < 4.78 is 26.3. The minimum absolute atomic E-state index is 0.126. The quantitative estimate of drug-likeness (QED) is 0.732. The van der Waals surface area contributed by atoms with E-state index in [4.69, 9.17) is 9.47 Å². The average Bonchev–Trinajstić information content (AvgIpc) is 3.04. The fraction of sp³-hybridized carbons (Fsp3) is 0.533. The van der Waals surface area contributed by atoms with E-state index in [1.807, 2.05) is 13.8 Å². The third kappa shape index (κ3) is 1.66. The van der Waals surface area contributed by atoms with E-state index in [0.717, 1.165) is 4.47 Å². The van der Waals surface area contributed by atoms with Crippen LogP contribution in [0.15, 0.2) is 22.7 Å². The summed E-state index contributed by atoms with van der Waals surface area (Å²) >= 11 is 3.32. The van der Waals surface area contributed by atoms with Crippen LogP contribution in [0.2, 0.25) is 0 Å². The van der Waals surface area contributed by atoms with E-state index in [2.05, 4.69) is 15.9 Å². The van der Waals surface area contributed by atoms with Gasteiger partial charge in [0.2, 0.25) is 5.78 Å². The van der Waals surface area contributed by atoms with Gasteiger partial charge in [0.25, 0.3) is 0 Å². The summed E-state index contributed by atoms with van der Waals surface area (Å²) in [6.45, 7) is 7.08. The summed E-state index contributed by atoms with van der Waals surface area (Å²) in [7, 11) is 0. The Labute approximate surface area is 125 Å². The Hall–Kier alpha value is -0.780. The topological polar surface area (TPSA) is 38.8 Å². The highest BCUT2D eigenvalue weighted by molar-refractivity contribution is 9.10. The molecule has 2 heterocycles. The van der Waals surface area contributed by atoms with Gasteiger partial charge in [-0.25, -0.2) is 4.39 Å². The van der Waals surface area contributed by atoms with Crippen LogP contribution in [0.3, 0.4) is 0 Å². The Bertz CT molecular complexity index is 611. The van der Waals surface area contributed by atoms with Gasteiger partial charge in [-0.2, -0.15) is 0 Å². The highest BCUT2D eigenvalue weighted by Gasteiger charge is 2.79. The van der Waals surface area contributed by atoms with Crippen LogP contribution in [-0.2, 0) is 14.3 Å². The van der Waals surface area contributed by atoms with E-state index in [9.17, 15) is 9.18 Å². The van der Waals surface area contributed by atoms with Gasteiger partial charge in [0.05, 0.1) is 0 Å². The van der Waals surface area contributed by atoms with Crippen molar-refractivity contribution in [1.82, 2.24) is 0 Å². The molecule has 20 heavy (non-hydrogen) atoms. The van der Waals surface area contributed by atoms with Crippen molar-refractivity contribution in [2.24, 2.45) is 0 Å². The molecular weight excluding hydrogens is 327 g/mol. The van der Waals surface area contributed by atoms with Gasteiger partial charge in [0.1, 0.15) is 23.1 Å². The van der Waals surface area contributed by atoms with Crippen molar-refractivity contribution in [1.29, 1.82) is 0 Å². The number of carbonyl (C=O) groups excluding carboxylic acids is 1. The second-order valence-electron chi connectivity index (χ2n) is 6.35. The molecule has 1 spiro atoms. The van der Waals surface area contributed by atoms with Crippen LogP contribution in [0.5, 0.6) is 0 Å². The summed E-state index contributed by atoms with van der Waals surface area (Å²) in [6.07, 6.45) is -0.593. The van der Waals surface area contributed by atoms with E-state index in [-0.39, 0.29) is 11.6 Å². The standard InChI is InChI=1S/C15H16BrFO3/c1-13(2)12(18)15(14(3,4)20-13)11(19-15)9-7-8(16)5-6-10(9)17/h5-7,11H,1-4H3. The molecule has 0 radical (unpaired) electrons. The fourth-order valence-corrected chi connectivity index (χ4v) is 3.64. The molecule has 2 aliphatic heterocycles. The van der Waals surface area contributed by atoms with Crippen molar-refractivity contribution >= 4 is 21.7 Å². The molecule has 0 aliphatic carbocycles. The van der Waals surface area contributed by atoms with Crippen LogP contribution in [0, 0.1) is 5.82 Å². The Balaban J connectivity index is 2.06. The van der Waals surface area contributed by atoms with Crippen LogP contribution in [0.25, 0.3) is 0 Å². The van der Waals surface area contributed by atoms with E-state index in [0.29, 0.717) is 5.56 Å². The summed E-state index contributed by atoms with van der Waals surface area (Å²) in [5, 5.41) is 0. The Morgan fingerprint density at radius 2 is 1.90 bits per heavy atom. The summed E-state index contributed by atoms with van der Waals surface area (Å²) in [6, 6.07) is 4.65. The van der Waals surface area contributed by atoms with E-state index < -0.39 is 22.9 Å². The van der Waals surface area contributed by atoms with Gasteiger partial charge >= 0.3 is 0 Å². The zero-order valence-corrected chi connectivity index (χ0v) is 13.4. The lowest BCUT2D eigenvalue weighted by Gasteiger charge is -2.23. The predicted molar refractivity (Wildman–Crippen MR) is 74.9 cm³/mol. The van der Waals surface area contributed by atoms with Crippen LogP contribution in [0.4, 0.5) is 4.39 Å². The van der Waals surface area contributed by atoms with Crippen molar-refractivity contribution in [3.05, 3.63) is 34.1 Å². The number of Topliss-reactive ketones (excluding diaryl/α,β-unsaturated/α-hetero) is 1. The lowest BCUT2D eigenvalue weighted by atomic mass is 9.81. The minimum Gasteiger partial charge on any atom is -0.358 e. The van der Waals surface area contributed by atoms with Gasteiger partial charge in [-0.3, -0.25) is 4.79 Å². The van der Waals surface area contributed by atoms with Crippen molar-refractivity contribution in [2.45, 2.75) is 50.6 Å². The maximum Gasteiger partial charge on any atom is 0.201 e. The van der Waals surface area contributed by atoms with Gasteiger partial charge in [-0.1, -0.05) is 15.9 Å². The highest BCUT2D eigenvalue weighted by Crippen LogP contribution is 2.63. The molecule has 2 atom stereocenters. The van der Waals surface area contributed by atoms with Crippen molar-refractivity contribution < 1.29 is 18.7 Å². The average molecular weight is 343 g/mol. The number of hydrogen-bond donors (Lipinski definition) is 0. The first kappa shape index (κ1) is 14.2. The van der Waals surface area contributed by atoms with Crippen LogP contribution < -0.4 is 0 Å². The van der Waals surface area contributed by atoms with Gasteiger partial charge in [-0.05, 0) is 45.9 Å². The molecule has 2 aliphatic rings. The van der Waals surface area contributed by atoms with E-state index in [1.54, 1.807) is 26.0 Å². The molecule has 0 bridgehead atoms. The molecular formula is C15H16BrFO3. The minimum atomic E-state index is -1.09. The lowest BCUT2D eigenvalue weighted by Crippen LogP contribution is -2.41. The van der Waals surface area contributed by atoms with Gasteiger partial charge in [-0.15, -0.1) is 0 Å². The maximum absolute atomic E-state index is 14.0. The summed E-state index contributed by atoms with van der Waals surface area (Å²) in [4.78, 5) is 12.6. The first-order valence-corrected chi connectivity index (χ1v) is 7.29. The number of epoxide rings is 1. The maximum atomic E-state index is 14.0. The normalized spacial score (nSPS) is 33.7. The molecule has 0 N–H and O–H groups in total. The Morgan fingerprint density at radius 3 is 2.45 bits per heavy atom. The molecule has 3 nitrogen and oxygen atoms in total. The summed E-state index contributed by atoms with van der Waals surface area (Å²) in [5.74, 6) is -0.497. The van der Waals surface area contributed by atoms with E-state index >= 15 is 0 Å². The molecule has 1 aromatic carbocycles. The third-order valence-electron chi connectivity index (χ3n) is 4.15. The van der Waals surface area contributed by atoms with Gasteiger partial charge < -0.3 is 9.47 Å². The number of ether oxygens (including phenoxy) is 2. The van der Waals surface area contributed by atoms with Crippen LogP contribution >= 0.6 is 15.9 Å². The van der Waals surface area contributed by atoms with Crippen molar-refractivity contribution in [3.63, 3.8) is 0 Å². The number of halogens is 2. The molecule has 1 aromatic rings. The zero-order valence-electron chi connectivity index (χ0n) is 11.8. The number of benzene rings is 1. The zero-order chi connectivity index (χ0) is 14.9. The molecule has 0 amide bonds. The molecule has 2 fully saturated rings. The number of rotatable bonds is 1. The van der Waals surface area contributed by atoms with Gasteiger partial charge in [0, 0.05) is 10.0 Å². The van der Waals surface area contributed by atoms with E-state index in [1.165, 1.54) is 6.07 Å². The smallest absolute Gasteiger partial charge is 0.201 e. The second kappa shape index (κ2) is 3.90. The first-order valence-electron chi connectivity index (χ1n) is 6.50. The number of ketones is 1. The molecule has 5 heteroatoms. The fourth-order valence-electron chi connectivity index (χ4n) is 3.26. The number of carbonyl (C=O) groups is 1. The second-order valence-corrected chi connectivity index (χ2v) is 7.27. The van der Waals surface area contributed by atoms with Crippen molar-refractivity contribution in [2.75, 3.05) is 0 Å². The van der Waals surface area contributed by atoms with Crippen molar-refractivity contribution in [3.8, 4) is 0 Å². The molecule has 2 unspecified atom stereocenters. The Morgan fingerprint density at radius 1 is 1.25 bits per heavy atom. The first-order chi connectivity index (χ1) is 9.12. The molecule has 3 rings (SSSR count). The molecule has 0 aromatic heterocycles. The highest BCUT2D eigenvalue weighted by atomic mass is 79.9. The lowest BCUT2D eigenvalue weighted by molar-refractivity contribution is -0.132. The largest absolute Gasteiger partial charge is 0.358 e. The Kier molecular flexibility index (Phi) is 2.76. The predicted octanol–water partition coefficient (Wildman–Crippen LogP) is 3.55. The molecule has 2 saturated heterocycles. The number of hydrogen-bond acceptors (Lipinski definition) is 3. The van der Waals surface area contributed by atoms with Gasteiger partial charge in [0.15, 0.2) is 5.60 Å². The molecule has 0 saturated carbocycles. The van der Waals surface area contributed by atoms with Crippen LogP contribution in [-0.4, -0.2) is 22.6 Å². The SMILES string of the molecule is CC1(C)OC(C)(C)C2(OC2c2cc(Br)ccc2F)C1=O.